The van der Waals surface area contributed by atoms with E-state index in [-0.39, 0.29) is 0 Å². The summed E-state index contributed by atoms with van der Waals surface area (Å²) in [5, 5.41) is 10.3. The molecule has 0 aliphatic rings. The lowest BCUT2D eigenvalue weighted by Gasteiger charge is -2.09. The van der Waals surface area contributed by atoms with Gasteiger partial charge < -0.3 is 9.30 Å². The predicted molar refractivity (Wildman–Crippen MR) is 83.4 cm³/mol. The van der Waals surface area contributed by atoms with Crippen LogP contribution in [0.2, 0.25) is 0 Å². The van der Waals surface area contributed by atoms with Crippen molar-refractivity contribution in [2.24, 2.45) is 0 Å². The molecule has 0 unspecified atom stereocenters. The van der Waals surface area contributed by atoms with Crippen LogP contribution < -0.4 is 4.74 Å². The van der Waals surface area contributed by atoms with Crippen molar-refractivity contribution >= 4 is 10.9 Å². The molecule has 0 spiro atoms. The molecule has 1 heterocycles. The molecule has 0 atom stereocenters. The minimum atomic E-state index is 0.654. The Labute approximate surface area is 124 Å². The SMILES string of the molecule is CCOc1cccc2c1ccn2Cc1ccccc1C#N. The molecule has 0 radical (unpaired) electrons. The molecule has 21 heavy (non-hydrogen) atoms. The fourth-order valence-electron chi connectivity index (χ4n) is 2.57. The Balaban J connectivity index is 2.02. The molecular weight excluding hydrogens is 260 g/mol. The van der Waals surface area contributed by atoms with Gasteiger partial charge in [0.15, 0.2) is 0 Å². The van der Waals surface area contributed by atoms with E-state index in [2.05, 4.69) is 22.8 Å². The first-order valence-corrected chi connectivity index (χ1v) is 7.02. The van der Waals surface area contributed by atoms with E-state index < -0.39 is 0 Å². The minimum absolute atomic E-state index is 0.654. The number of benzene rings is 2. The summed E-state index contributed by atoms with van der Waals surface area (Å²) in [6.07, 6.45) is 2.04. The number of fused-ring (bicyclic) bond motifs is 1. The molecule has 0 saturated heterocycles. The fraction of sp³-hybridized carbons (Fsp3) is 0.167. The van der Waals surface area contributed by atoms with Gasteiger partial charge in [0, 0.05) is 18.1 Å². The predicted octanol–water partition coefficient (Wildman–Crippen LogP) is 3.96. The van der Waals surface area contributed by atoms with Gasteiger partial charge in [0.25, 0.3) is 0 Å². The molecule has 2 aromatic carbocycles. The third-order valence-electron chi connectivity index (χ3n) is 3.55. The maximum absolute atomic E-state index is 9.20. The van der Waals surface area contributed by atoms with Crippen LogP contribution >= 0.6 is 0 Å². The molecular formula is C18H16N2O. The maximum Gasteiger partial charge on any atom is 0.128 e. The van der Waals surface area contributed by atoms with E-state index in [1.54, 1.807) is 0 Å². The van der Waals surface area contributed by atoms with Gasteiger partial charge in [-0.3, -0.25) is 0 Å². The topological polar surface area (TPSA) is 38.0 Å². The Morgan fingerprint density at radius 1 is 1.10 bits per heavy atom. The quantitative estimate of drug-likeness (QED) is 0.723. The third kappa shape index (κ3) is 2.48. The number of aromatic nitrogens is 1. The lowest BCUT2D eigenvalue weighted by atomic mass is 10.1. The first kappa shape index (κ1) is 13.3. The Morgan fingerprint density at radius 3 is 2.76 bits per heavy atom. The van der Waals surface area contributed by atoms with Crippen LogP contribution in [0, 0.1) is 11.3 Å². The van der Waals surface area contributed by atoms with Crippen LogP contribution in [0.3, 0.4) is 0 Å². The Kier molecular flexibility index (Phi) is 3.61. The zero-order valence-electron chi connectivity index (χ0n) is 11.9. The highest BCUT2D eigenvalue weighted by molar-refractivity contribution is 5.86. The van der Waals surface area contributed by atoms with Gasteiger partial charge in [-0.2, -0.15) is 5.26 Å². The molecule has 0 N–H and O–H groups in total. The van der Waals surface area contributed by atoms with Gasteiger partial charge in [-0.1, -0.05) is 24.3 Å². The summed E-state index contributed by atoms with van der Waals surface area (Å²) < 4.78 is 7.81. The van der Waals surface area contributed by atoms with Crippen molar-refractivity contribution < 1.29 is 4.74 Å². The van der Waals surface area contributed by atoms with Crippen molar-refractivity contribution in [1.29, 1.82) is 5.26 Å². The first-order chi connectivity index (χ1) is 10.3. The molecule has 0 bridgehead atoms. The first-order valence-electron chi connectivity index (χ1n) is 7.02. The van der Waals surface area contributed by atoms with E-state index >= 15 is 0 Å². The number of nitrogens with zero attached hydrogens (tertiary/aromatic N) is 2. The fourth-order valence-corrected chi connectivity index (χ4v) is 2.57. The van der Waals surface area contributed by atoms with E-state index in [1.807, 2.05) is 49.5 Å². The molecule has 0 amide bonds. The van der Waals surface area contributed by atoms with Crippen molar-refractivity contribution in [1.82, 2.24) is 4.57 Å². The van der Waals surface area contributed by atoms with Crippen LogP contribution in [0.5, 0.6) is 5.75 Å². The number of ether oxygens (including phenoxy) is 1. The van der Waals surface area contributed by atoms with Crippen molar-refractivity contribution in [3.63, 3.8) is 0 Å². The zero-order valence-corrected chi connectivity index (χ0v) is 11.9. The number of rotatable bonds is 4. The summed E-state index contributed by atoms with van der Waals surface area (Å²) in [5.41, 5.74) is 2.87. The molecule has 0 fully saturated rings. The lowest BCUT2D eigenvalue weighted by Crippen LogP contribution is -2.00. The van der Waals surface area contributed by atoms with Crippen LogP contribution in [0.25, 0.3) is 10.9 Å². The van der Waals surface area contributed by atoms with Gasteiger partial charge in [-0.05, 0) is 36.8 Å². The zero-order chi connectivity index (χ0) is 14.7. The van der Waals surface area contributed by atoms with Gasteiger partial charge in [0.2, 0.25) is 0 Å². The van der Waals surface area contributed by atoms with Crippen LogP contribution in [0.15, 0.2) is 54.7 Å². The van der Waals surface area contributed by atoms with Crippen molar-refractivity contribution in [3.05, 3.63) is 65.9 Å². The second-order valence-electron chi connectivity index (χ2n) is 4.83. The van der Waals surface area contributed by atoms with E-state index in [0.717, 1.165) is 27.8 Å². The molecule has 3 aromatic rings. The number of hydrogen-bond acceptors (Lipinski definition) is 2. The average molecular weight is 276 g/mol. The monoisotopic (exact) mass is 276 g/mol. The van der Waals surface area contributed by atoms with Crippen molar-refractivity contribution in [2.45, 2.75) is 13.5 Å². The largest absolute Gasteiger partial charge is 0.493 e. The molecule has 3 rings (SSSR count). The molecule has 3 heteroatoms. The Hall–Kier alpha value is -2.73. The van der Waals surface area contributed by atoms with Crippen LogP contribution in [-0.2, 0) is 6.54 Å². The third-order valence-corrected chi connectivity index (χ3v) is 3.55. The summed E-state index contributed by atoms with van der Waals surface area (Å²) >= 11 is 0. The molecule has 1 aromatic heterocycles. The number of hydrogen-bond donors (Lipinski definition) is 0. The van der Waals surface area contributed by atoms with Crippen molar-refractivity contribution in [3.8, 4) is 11.8 Å². The molecule has 0 aliphatic heterocycles. The van der Waals surface area contributed by atoms with Crippen LogP contribution in [0.1, 0.15) is 18.1 Å². The molecule has 104 valence electrons. The summed E-state index contributed by atoms with van der Waals surface area (Å²) in [5.74, 6) is 0.905. The molecule has 0 aliphatic carbocycles. The Morgan fingerprint density at radius 2 is 1.95 bits per heavy atom. The number of nitriles is 1. The van der Waals surface area contributed by atoms with Gasteiger partial charge in [0.1, 0.15) is 5.75 Å². The van der Waals surface area contributed by atoms with Gasteiger partial charge in [-0.15, -0.1) is 0 Å². The summed E-state index contributed by atoms with van der Waals surface area (Å²) in [6, 6.07) is 18.1. The minimum Gasteiger partial charge on any atom is -0.493 e. The van der Waals surface area contributed by atoms with E-state index in [9.17, 15) is 5.26 Å². The maximum atomic E-state index is 9.20. The van der Waals surface area contributed by atoms with E-state index in [0.29, 0.717) is 13.2 Å². The Bertz CT molecular complexity index is 811. The molecule has 0 saturated carbocycles. The second-order valence-corrected chi connectivity index (χ2v) is 4.83. The van der Waals surface area contributed by atoms with Crippen LogP contribution in [-0.4, -0.2) is 11.2 Å². The highest BCUT2D eigenvalue weighted by atomic mass is 16.5. The normalized spacial score (nSPS) is 10.5. The lowest BCUT2D eigenvalue weighted by molar-refractivity contribution is 0.344. The van der Waals surface area contributed by atoms with E-state index in [1.165, 1.54) is 0 Å². The second kappa shape index (κ2) is 5.72. The smallest absolute Gasteiger partial charge is 0.128 e. The average Bonchev–Trinajstić information content (AvgIpc) is 2.92. The summed E-state index contributed by atoms with van der Waals surface area (Å²) in [4.78, 5) is 0. The highest BCUT2D eigenvalue weighted by Crippen LogP contribution is 2.27. The van der Waals surface area contributed by atoms with E-state index in [4.69, 9.17) is 4.74 Å². The summed E-state index contributed by atoms with van der Waals surface area (Å²) in [6.45, 7) is 3.32. The molecule has 3 nitrogen and oxygen atoms in total. The summed E-state index contributed by atoms with van der Waals surface area (Å²) in [7, 11) is 0. The highest BCUT2D eigenvalue weighted by Gasteiger charge is 2.08. The van der Waals surface area contributed by atoms with Gasteiger partial charge in [-0.25, -0.2) is 0 Å². The van der Waals surface area contributed by atoms with Gasteiger partial charge >= 0.3 is 0 Å². The van der Waals surface area contributed by atoms with Gasteiger partial charge in [0.05, 0.1) is 23.8 Å². The van der Waals surface area contributed by atoms with Crippen LogP contribution in [0.4, 0.5) is 0 Å². The standard InChI is InChI=1S/C18H16N2O/c1-2-21-18-9-5-8-17-16(18)10-11-20(17)13-15-7-4-3-6-14(15)12-19/h3-11H,2,13H2,1H3. The van der Waals surface area contributed by atoms with Crippen molar-refractivity contribution in [2.75, 3.05) is 6.61 Å².